The Kier molecular flexibility index (Phi) is 7.52. The minimum atomic E-state index is -1.02. The molecule has 1 aromatic carbocycles. The van der Waals surface area contributed by atoms with Crippen molar-refractivity contribution in [2.24, 2.45) is 0 Å². The molecule has 1 heterocycles. The smallest absolute Gasteiger partial charge is 0.326 e. The number of amides is 2. The number of carbonyl (C=O) groups excluding carboxylic acids is 3. The highest BCUT2D eigenvalue weighted by Crippen LogP contribution is 2.17. The van der Waals surface area contributed by atoms with Gasteiger partial charge < -0.3 is 15.4 Å². The molecule has 28 heavy (non-hydrogen) atoms. The SMILES string of the molecule is CC(C)c1ccc(NC(=O)[C@@H](C)OC(=O)CNC(=O)c2cc(Cl)ccn2)cc1. The molecular weight excluding hydrogens is 382 g/mol. The van der Waals surface area contributed by atoms with Gasteiger partial charge in [-0.05, 0) is 42.7 Å². The Morgan fingerprint density at radius 2 is 1.79 bits per heavy atom. The second-order valence-electron chi connectivity index (χ2n) is 6.44. The van der Waals surface area contributed by atoms with Crippen LogP contribution in [0.3, 0.4) is 0 Å². The number of pyridine rings is 1. The Bertz CT molecular complexity index is 853. The van der Waals surface area contributed by atoms with Crippen molar-refractivity contribution in [2.75, 3.05) is 11.9 Å². The molecule has 0 spiro atoms. The van der Waals surface area contributed by atoms with E-state index in [2.05, 4.69) is 29.5 Å². The maximum atomic E-state index is 12.2. The van der Waals surface area contributed by atoms with Crippen molar-refractivity contribution < 1.29 is 19.1 Å². The molecule has 7 nitrogen and oxygen atoms in total. The molecular formula is C20H22ClN3O4. The minimum absolute atomic E-state index is 0.0796. The zero-order valence-electron chi connectivity index (χ0n) is 15.9. The Labute approximate surface area is 168 Å². The molecule has 0 aliphatic rings. The number of anilines is 1. The van der Waals surface area contributed by atoms with Crippen molar-refractivity contribution in [3.63, 3.8) is 0 Å². The lowest BCUT2D eigenvalue weighted by molar-refractivity contribution is -0.152. The van der Waals surface area contributed by atoms with Crippen molar-refractivity contribution in [3.8, 4) is 0 Å². The molecule has 0 bridgehead atoms. The molecule has 2 aromatic rings. The summed E-state index contributed by atoms with van der Waals surface area (Å²) in [6, 6.07) is 10.3. The Hall–Kier alpha value is -2.93. The fourth-order valence-corrected chi connectivity index (χ4v) is 2.42. The van der Waals surface area contributed by atoms with Crippen LogP contribution in [0.25, 0.3) is 0 Å². The highest BCUT2D eigenvalue weighted by atomic mass is 35.5. The second-order valence-corrected chi connectivity index (χ2v) is 6.88. The van der Waals surface area contributed by atoms with Crippen LogP contribution >= 0.6 is 11.6 Å². The van der Waals surface area contributed by atoms with Crippen LogP contribution in [0.2, 0.25) is 5.02 Å². The van der Waals surface area contributed by atoms with Crippen molar-refractivity contribution >= 4 is 35.1 Å². The third kappa shape index (κ3) is 6.35. The van der Waals surface area contributed by atoms with E-state index < -0.39 is 30.4 Å². The van der Waals surface area contributed by atoms with E-state index in [1.807, 2.05) is 12.1 Å². The van der Waals surface area contributed by atoms with Gasteiger partial charge in [0.15, 0.2) is 6.10 Å². The van der Waals surface area contributed by atoms with Crippen molar-refractivity contribution in [2.45, 2.75) is 32.8 Å². The molecule has 1 atom stereocenters. The van der Waals surface area contributed by atoms with E-state index in [-0.39, 0.29) is 5.69 Å². The molecule has 0 unspecified atom stereocenters. The number of carbonyl (C=O) groups is 3. The Morgan fingerprint density at radius 1 is 1.11 bits per heavy atom. The predicted octanol–water partition coefficient (Wildman–Crippen LogP) is 3.16. The van der Waals surface area contributed by atoms with E-state index in [0.29, 0.717) is 16.6 Å². The number of rotatable bonds is 7. The molecule has 8 heteroatoms. The van der Waals surface area contributed by atoms with Gasteiger partial charge in [-0.25, -0.2) is 0 Å². The lowest BCUT2D eigenvalue weighted by Gasteiger charge is -2.14. The number of halogens is 1. The number of hydrogen-bond donors (Lipinski definition) is 2. The summed E-state index contributed by atoms with van der Waals surface area (Å²) in [4.78, 5) is 39.8. The molecule has 0 radical (unpaired) electrons. The monoisotopic (exact) mass is 403 g/mol. The van der Waals surface area contributed by atoms with E-state index in [1.54, 1.807) is 12.1 Å². The third-order valence-electron chi connectivity index (χ3n) is 3.87. The standard InChI is InChI=1S/C20H22ClN3O4/c1-12(2)14-4-6-16(7-5-14)24-19(26)13(3)28-18(25)11-23-20(27)17-10-15(21)8-9-22-17/h4-10,12-13H,11H2,1-3H3,(H,23,27)(H,24,26)/t13-/m1/s1. The zero-order chi connectivity index (χ0) is 20.7. The maximum Gasteiger partial charge on any atom is 0.326 e. The minimum Gasteiger partial charge on any atom is -0.451 e. The van der Waals surface area contributed by atoms with Gasteiger partial charge in [-0.2, -0.15) is 0 Å². The summed E-state index contributed by atoms with van der Waals surface area (Å²) in [7, 11) is 0. The van der Waals surface area contributed by atoms with Gasteiger partial charge in [0.25, 0.3) is 11.8 Å². The first-order valence-corrected chi connectivity index (χ1v) is 9.14. The normalized spacial score (nSPS) is 11.6. The fourth-order valence-electron chi connectivity index (χ4n) is 2.26. The summed E-state index contributed by atoms with van der Waals surface area (Å²) >= 11 is 5.79. The molecule has 0 fully saturated rings. The van der Waals surface area contributed by atoms with E-state index >= 15 is 0 Å². The van der Waals surface area contributed by atoms with Gasteiger partial charge in [0.05, 0.1) is 0 Å². The Balaban J connectivity index is 1.80. The number of aromatic nitrogens is 1. The molecule has 2 rings (SSSR count). The van der Waals surface area contributed by atoms with E-state index in [4.69, 9.17) is 16.3 Å². The number of esters is 1. The van der Waals surface area contributed by atoms with Crippen LogP contribution in [0.15, 0.2) is 42.6 Å². The van der Waals surface area contributed by atoms with Crippen molar-refractivity contribution in [3.05, 3.63) is 58.9 Å². The van der Waals surface area contributed by atoms with Gasteiger partial charge in [-0.15, -0.1) is 0 Å². The molecule has 1 aromatic heterocycles. The quantitative estimate of drug-likeness (QED) is 0.692. The summed E-state index contributed by atoms with van der Waals surface area (Å²) in [5, 5.41) is 5.41. The number of nitrogens with one attached hydrogen (secondary N) is 2. The summed E-state index contributed by atoms with van der Waals surface area (Å²) < 4.78 is 5.04. The van der Waals surface area contributed by atoms with Crippen LogP contribution < -0.4 is 10.6 Å². The van der Waals surface area contributed by atoms with E-state index in [1.165, 1.54) is 25.3 Å². The fraction of sp³-hybridized carbons (Fsp3) is 0.300. The number of hydrogen-bond acceptors (Lipinski definition) is 5. The van der Waals surface area contributed by atoms with Crippen molar-refractivity contribution in [1.29, 1.82) is 0 Å². The number of nitrogens with zero attached hydrogens (tertiary/aromatic N) is 1. The summed E-state index contributed by atoms with van der Waals surface area (Å²) in [6.07, 6.45) is 0.369. The molecule has 2 N–H and O–H groups in total. The lowest BCUT2D eigenvalue weighted by atomic mass is 10.0. The highest BCUT2D eigenvalue weighted by Gasteiger charge is 2.19. The van der Waals surface area contributed by atoms with Gasteiger partial charge >= 0.3 is 5.97 Å². The number of ether oxygens (including phenoxy) is 1. The van der Waals surface area contributed by atoms with Gasteiger partial charge in [0.2, 0.25) is 0 Å². The van der Waals surface area contributed by atoms with Crippen LogP contribution in [0.5, 0.6) is 0 Å². The Morgan fingerprint density at radius 3 is 2.39 bits per heavy atom. The number of benzene rings is 1. The van der Waals surface area contributed by atoms with Crippen LogP contribution in [0, 0.1) is 0 Å². The largest absolute Gasteiger partial charge is 0.451 e. The lowest BCUT2D eigenvalue weighted by Crippen LogP contribution is -2.36. The van der Waals surface area contributed by atoms with Gasteiger partial charge in [-0.1, -0.05) is 37.6 Å². The molecule has 0 saturated heterocycles. The predicted molar refractivity (Wildman–Crippen MR) is 106 cm³/mol. The van der Waals surface area contributed by atoms with Gasteiger partial charge in [0.1, 0.15) is 12.2 Å². The highest BCUT2D eigenvalue weighted by molar-refractivity contribution is 6.30. The zero-order valence-corrected chi connectivity index (χ0v) is 16.6. The average molecular weight is 404 g/mol. The summed E-state index contributed by atoms with van der Waals surface area (Å²) in [6.45, 7) is 5.22. The maximum absolute atomic E-state index is 12.2. The molecule has 0 aliphatic carbocycles. The van der Waals surface area contributed by atoms with Crippen LogP contribution in [-0.2, 0) is 14.3 Å². The molecule has 2 amide bonds. The third-order valence-corrected chi connectivity index (χ3v) is 4.11. The first-order chi connectivity index (χ1) is 13.3. The van der Waals surface area contributed by atoms with E-state index in [9.17, 15) is 14.4 Å². The first kappa shape index (κ1) is 21.4. The molecule has 0 aliphatic heterocycles. The van der Waals surface area contributed by atoms with Crippen LogP contribution in [0.1, 0.15) is 42.7 Å². The molecule has 0 saturated carbocycles. The van der Waals surface area contributed by atoms with Crippen LogP contribution in [0.4, 0.5) is 5.69 Å². The second kappa shape index (κ2) is 9.85. The van der Waals surface area contributed by atoms with Crippen molar-refractivity contribution in [1.82, 2.24) is 10.3 Å². The summed E-state index contributed by atoms with van der Waals surface area (Å²) in [5.41, 5.74) is 1.84. The molecule has 148 valence electrons. The topological polar surface area (TPSA) is 97.4 Å². The van der Waals surface area contributed by atoms with Gasteiger partial charge in [0, 0.05) is 16.9 Å². The van der Waals surface area contributed by atoms with E-state index in [0.717, 1.165) is 5.56 Å². The average Bonchev–Trinajstić information content (AvgIpc) is 2.66. The first-order valence-electron chi connectivity index (χ1n) is 8.76. The van der Waals surface area contributed by atoms with Gasteiger partial charge in [-0.3, -0.25) is 19.4 Å². The summed E-state index contributed by atoms with van der Waals surface area (Å²) in [5.74, 6) is -1.38. The van der Waals surface area contributed by atoms with Crippen LogP contribution in [-0.4, -0.2) is 35.4 Å².